The number of halogens is 2. The van der Waals surface area contributed by atoms with Crippen molar-refractivity contribution in [2.45, 2.75) is 32.8 Å². The maximum absolute atomic E-state index is 12.3. The van der Waals surface area contributed by atoms with Crippen LogP contribution in [-0.2, 0) is 0 Å². The van der Waals surface area contributed by atoms with E-state index in [0.717, 1.165) is 32.0 Å². The first-order valence-corrected chi connectivity index (χ1v) is 8.35. The molecule has 7 heteroatoms. The molecule has 0 spiro atoms. The third kappa shape index (κ3) is 6.31. The second kappa shape index (κ2) is 9.42. The van der Waals surface area contributed by atoms with Crippen LogP contribution in [0, 0.1) is 5.92 Å². The van der Waals surface area contributed by atoms with Crippen molar-refractivity contribution >= 4 is 11.7 Å². The lowest BCUT2D eigenvalue weighted by molar-refractivity contribution is -0.0493. The van der Waals surface area contributed by atoms with Gasteiger partial charge in [0.2, 0.25) is 0 Å². The van der Waals surface area contributed by atoms with Gasteiger partial charge < -0.3 is 20.3 Å². The number of anilines is 1. The molecule has 5 nitrogen and oxygen atoms in total. The Hall–Kier alpha value is -1.89. The standard InChI is InChI=1S/C17H25F2N3O2/c1-13-6-4-10-22(12-13)11-5-9-20-17(23)21-14-7-2-3-8-15(14)24-16(18)19/h2-3,7-8,13,16H,4-6,9-12H2,1H3,(H2,20,21,23). The van der Waals surface area contributed by atoms with Gasteiger partial charge in [-0.15, -0.1) is 0 Å². The van der Waals surface area contributed by atoms with E-state index in [9.17, 15) is 13.6 Å². The largest absolute Gasteiger partial charge is 0.433 e. The number of alkyl halides is 2. The Bertz CT molecular complexity index is 528. The number of ether oxygens (including phenoxy) is 1. The highest BCUT2D eigenvalue weighted by Crippen LogP contribution is 2.25. The van der Waals surface area contributed by atoms with Crippen LogP contribution in [0.5, 0.6) is 5.75 Å². The molecular weight excluding hydrogens is 316 g/mol. The molecule has 1 aliphatic heterocycles. The molecule has 1 saturated heterocycles. The highest BCUT2D eigenvalue weighted by molar-refractivity contribution is 5.90. The van der Waals surface area contributed by atoms with Crippen LogP contribution in [0.1, 0.15) is 26.2 Å². The minimum atomic E-state index is -2.93. The highest BCUT2D eigenvalue weighted by atomic mass is 19.3. The molecule has 0 aromatic heterocycles. The van der Waals surface area contributed by atoms with Crippen LogP contribution in [0.15, 0.2) is 24.3 Å². The average Bonchev–Trinajstić information content (AvgIpc) is 2.53. The van der Waals surface area contributed by atoms with Crippen LogP contribution in [0.2, 0.25) is 0 Å². The quantitative estimate of drug-likeness (QED) is 0.746. The van der Waals surface area contributed by atoms with Gasteiger partial charge in [0.15, 0.2) is 0 Å². The van der Waals surface area contributed by atoms with Crippen LogP contribution in [0.25, 0.3) is 0 Å². The topological polar surface area (TPSA) is 53.6 Å². The van der Waals surface area contributed by atoms with Crippen molar-refractivity contribution in [1.29, 1.82) is 0 Å². The fraction of sp³-hybridized carbons (Fsp3) is 0.588. The minimum Gasteiger partial charge on any atom is -0.433 e. The first-order valence-electron chi connectivity index (χ1n) is 8.35. The number of rotatable bonds is 7. The zero-order valence-electron chi connectivity index (χ0n) is 13.9. The third-order valence-corrected chi connectivity index (χ3v) is 4.03. The van der Waals surface area contributed by atoms with Gasteiger partial charge in [-0.1, -0.05) is 19.1 Å². The number of carbonyl (C=O) groups is 1. The van der Waals surface area contributed by atoms with Crippen LogP contribution in [-0.4, -0.2) is 43.7 Å². The summed E-state index contributed by atoms with van der Waals surface area (Å²) in [5, 5.41) is 5.28. The van der Waals surface area contributed by atoms with Crippen LogP contribution in [0.3, 0.4) is 0 Å². The Balaban J connectivity index is 1.70. The number of nitrogens with one attached hydrogen (secondary N) is 2. The summed E-state index contributed by atoms with van der Waals surface area (Å²) in [5.41, 5.74) is 0.222. The number of hydrogen-bond acceptors (Lipinski definition) is 3. The predicted molar refractivity (Wildman–Crippen MR) is 89.6 cm³/mol. The maximum Gasteiger partial charge on any atom is 0.387 e. The average molecular weight is 341 g/mol. The first-order chi connectivity index (χ1) is 11.5. The summed E-state index contributed by atoms with van der Waals surface area (Å²) < 4.78 is 29.0. The summed E-state index contributed by atoms with van der Waals surface area (Å²) in [4.78, 5) is 14.3. The normalized spacial score (nSPS) is 18.4. The Morgan fingerprint density at radius 3 is 2.96 bits per heavy atom. The van der Waals surface area contributed by atoms with Crippen molar-refractivity contribution in [3.05, 3.63) is 24.3 Å². The van der Waals surface area contributed by atoms with E-state index >= 15 is 0 Å². The zero-order valence-corrected chi connectivity index (χ0v) is 13.9. The Morgan fingerprint density at radius 1 is 1.42 bits per heavy atom. The van der Waals surface area contributed by atoms with Crippen molar-refractivity contribution in [2.75, 3.05) is 31.5 Å². The molecule has 1 aromatic rings. The molecular formula is C17H25F2N3O2. The van der Waals surface area contributed by atoms with E-state index in [1.54, 1.807) is 12.1 Å². The molecule has 2 N–H and O–H groups in total. The number of hydrogen-bond donors (Lipinski definition) is 2. The second-order valence-electron chi connectivity index (χ2n) is 6.16. The number of piperidine rings is 1. The monoisotopic (exact) mass is 341 g/mol. The number of carbonyl (C=O) groups excluding carboxylic acids is 1. The summed E-state index contributed by atoms with van der Waals surface area (Å²) in [6.45, 7) is 3.06. The molecule has 1 atom stereocenters. The van der Waals surface area contributed by atoms with Gasteiger partial charge in [0.1, 0.15) is 5.75 Å². The van der Waals surface area contributed by atoms with Gasteiger partial charge in [-0.3, -0.25) is 0 Å². The van der Waals surface area contributed by atoms with E-state index < -0.39 is 12.6 Å². The third-order valence-electron chi connectivity index (χ3n) is 4.03. The fourth-order valence-electron chi connectivity index (χ4n) is 2.93. The lowest BCUT2D eigenvalue weighted by Crippen LogP contribution is -2.37. The van der Waals surface area contributed by atoms with Gasteiger partial charge in [0, 0.05) is 13.1 Å². The molecule has 134 valence electrons. The number of urea groups is 1. The Labute approximate surface area is 141 Å². The molecule has 24 heavy (non-hydrogen) atoms. The number of nitrogens with zero attached hydrogens (tertiary/aromatic N) is 1. The highest BCUT2D eigenvalue weighted by Gasteiger charge is 2.15. The molecule has 0 radical (unpaired) electrons. The van der Waals surface area contributed by atoms with Gasteiger partial charge in [-0.25, -0.2) is 4.79 Å². The van der Waals surface area contributed by atoms with Gasteiger partial charge in [-0.2, -0.15) is 8.78 Å². The van der Waals surface area contributed by atoms with Crippen molar-refractivity contribution in [3.8, 4) is 5.75 Å². The van der Waals surface area contributed by atoms with E-state index in [2.05, 4.69) is 27.2 Å². The van der Waals surface area contributed by atoms with Crippen molar-refractivity contribution in [1.82, 2.24) is 10.2 Å². The molecule has 1 aliphatic rings. The van der Waals surface area contributed by atoms with E-state index in [-0.39, 0.29) is 11.4 Å². The molecule has 1 heterocycles. The summed E-state index contributed by atoms with van der Waals surface area (Å²) in [5.74, 6) is 0.686. The smallest absolute Gasteiger partial charge is 0.387 e. The van der Waals surface area contributed by atoms with E-state index in [0.29, 0.717) is 6.54 Å². The van der Waals surface area contributed by atoms with E-state index in [1.165, 1.54) is 25.0 Å². The molecule has 0 aliphatic carbocycles. The SMILES string of the molecule is CC1CCCN(CCCNC(=O)Nc2ccccc2OC(F)F)C1. The number of amides is 2. The molecule has 0 saturated carbocycles. The first kappa shape index (κ1) is 18.4. The van der Waals surface area contributed by atoms with Gasteiger partial charge in [-0.05, 0) is 50.4 Å². The van der Waals surface area contributed by atoms with Crippen LogP contribution in [0.4, 0.5) is 19.3 Å². The number of likely N-dealkylation sites (tertiary alicyclic amines) is 1. The summed E-state index contributed by atoms with van der Waals surface area (Å²) in [6, 6.07) is 5.70. The van der Waals surface area contributed by atoms with Gasteiger partial charge >= 0.3 is 12.6 Å². The van der Waals surface area contributed by atoms with Gasteiger partial charge in [0.25, 0.3) is 0 Å². The van der Waals surface area contributed by atoms with Crippen molar-refractivity contribution in [2.24, 2.45) is 5.92 Å². The summed E-state index contributed by atoms with van der Waals surface area (Å²) >= 11 is 0. The maximum atomic E-state index is 12.3. The zero-order chi connectivity index (χ0) is 17.4. The second-order valence-corrected chi connectivity index (χ2v) is 6.16. The lowest BCUT2D eigenvalue weighted by Gasteiger charge is -2.30. The minimum absolute atomic E-state index is 0.0510. The van der Waals surface area contributed by atoms with Crippen LogP contribution < -0.4 is 15.4 Å². The molecule has 2 rings (SSSR count). The molecule has 0 bridgehead atoms. The predicted octanol–water partition coefficient (Wildman–Crippen LogP) is 3.53. The fourth-order valence-corrected chi connectivity index (χ4v) is 2.93. The Morgan fingerprint density at radius 2 is 2.21 bits per heavy atom. The van der Waals surface area contributed by atoms with Crippen molar-refractivity contribution in [3.63, 3.8) is 0 Å². The van der Waals surface area contributed by atoms with Crippen LogP contribution >= 0.6 is 0 Å². The lowest BCUT2D eigenvalue weighted by atomic mass is 10.0. The van der Waals surface area contributed by atoms with E-state index in [1.807, 2.05) is 0 Å². The number of para-hydroxylation sites is 2. The molecule has 2 amide bonds. The molecule has 1 fully saturated rings. The number of benzene rings is 1. The van der Waals surface area contributed by atoms with Gasteiger partial charge in [0.05, 0.1) is 5.69 Å². The summed E-state index contributed by atoms with van der Waals surface area (Å²) in [7, 11) is 0. The molecule has 1 aromatic carbocycles. The molecule has 1 unspecified atom stereocenters. The van der Waals surface area contributed by atoms with Crippen molar-refractivity contribution < 1.29 is 18.3 Å². The summed E-state index contributed by atoms with van der Waals surface area (Å²) in [6.07, 6.45) is 3.38. The van der Waals surface area contributed by atoms with E-state index in [4.69, 9.17) is 0 Å². The Kier molecular flexibility index (Phi) is 7.24.